The summed E-state index contributed by atoms with van der Waals surface area (Å²) in [7, 11) is 0. The molecule has 0 aliphatic heterocycles. The van der Waals surface area contributed by atoms with Crippen LogP contribution in [0.4, 0.5) is 4.39 Å². The second kappa shape index (κ2) is 5.28. The Morgan fingerprint density at radius 3 is 2.94 bits per heavy atom. The Balaban J connectivity index is 1.82. The van der Waals surface area contributed by atoms with E-state index in [4.69, 9.17) is 0 Å². The first-order valence-corrected chi connectivity index (χ1v) is 6.66. The number of halogens is 2. The zero-order chi connectivity index (χ0) is 11.5. The van der Waals surface area contributed by atoms with E-state index < -0.39 is 0 Å². The standard InChI is InChI=1S/C13H17BrFN/c1-2-3-10-6-13(10)16-8-9-4-11(14)7-12(15)5-9/h4-5,7,10,13,16H,2-3,6,8H2,1H3. The van der Waals surface area contributed by atoms with Gasteiger partial charge in [-0.3, -0.25) is 0 Å². The van der Waals surface area contributed by atoms with E-state index >= 15 is 0 Å². The van der Waals surface area contributed by atoms with Gasteiger partial charge in [-0.05, 0) is 42.5 Å². The minimum absolute atomic E-state index is 0.174. The van der Waals surface area contributed by atoms with Crippen LogP contribution in [-0.2, 0) is 6.54 Å². The predicted molar refractivity (Wildman–Crippen MR) is 67.7 cm³/mol. The van der Waals surface area contributed by atoms with Crippen molar-refractivity contribution in [1.29, 1.82) is 0 Å². The fourth-order valence-electron chi connectivity index (χ4n) is 2.15. The van der Waals surface area contributed by atoms with E-state index in [1.807, 2.05) is 6.07 Å². The van der Waals surface area contributed by atoms with Gasteiger partial charge in [-0.2, -0.15) is 0 Å². The van der Waals surface area contributed by atoms with E-state index in [0.717, 1.165) is 22.5 Å². The molecule has 1 fully saturated rings. The zero-order valence-corrected chi connectivity index (χ0v) is 11.1. The summed E-state index contributed by atoms with van der Waals surface area (Å²) >= 11 is 3.30. The third-order valence-electron chi connectivity index (χ3n) is 3.07. The lowest BCUT2D eigenvalue weighted by molar-refractivity contribution is 0.592. The minimum atomic E-state index is -0.174. The number of hydrogen-bond donors (Lipinski definition) is 1. The molecule has 0 bridgehead atoms. The molecule has 88 valence electrons. The van der Waals surface area contributed by atoms with Crippen molar-refractivity contribution in [3.05, 3.63) is 34.1 Å². The van der Waals surface area contributed by atoms with Crippen LogP contribution in [0, 0.1) is 11.7 Å². The molecule has 0 heterocycles. The van der Waals surface area contributed by atoms with E-state index in [1.165, 1.54) is 25.3 Å². The van der Waals surface area contributed by atoms with Crippen LogP contribution in [0.15, 0.2) is 22.7 Å². The van der Waals surface area contributed by atoms with Crippen molar-refractivity contribution in [2.45, 2.75) is 38.8 Å². The van der Waals surface area contributed by atoms with Crippen LogP contribution < -0.4 is 5.32 Å². The second-order valence-corrected chi connectivity index (χ2v) is 5.47. The highest BCUT2D eigenvalue weighted by Gasteiger charge is 2.35. The van der Waals surface area contributed by atoms with E-state index in [0.29, 0.717) is 6.04 Å². The Labute approximate surface area is 105 Å². The lowest BCUT2D eigenvalue weighted by Gasteiger charge is -2.05. The maximum atomic E-state index is 13.1. The molecule has 0 aromatic heterocycles. The van der Waals surface area contributed by atoms with Gasteiger partial charge in [0.05, 0.1) is 0 Å². The van der Waals surface area contributed by atoms with Crippen molar-refractivity contribution in [2.75, 3.05) is 0 Å². The molecule has 1 aliphatic carbocycles. The Hall–Kier alpha value is -0.410. The van der Waals surface area contributed by atoms with Crippen molar-refractivity contribution in [2.24, 2.45) is 5.92 Å². The lowest BCUT2D eigenvalue weighted by atomic mass is 10.2. The van der Waals surface area contributed by atoms with Gasteiger partial charge in [-0.1, -0.05) is 29.3 Å². The summed E-state index contributed by atoms with van der Waals surface area (Å²) < 4.78 is 13.9. The summed E-state index contributed by atoms with van der Waals surface area (Å²) in [6.07, 6.45) is 3.85. The van der Waals surface area contributed by atoms with Crippen LogP contribution in [0.25, 0.3) is 0 Å². The predicted octanol–water partition coefficient (Wildman–Crippen LogP) is 3.87. The van der Waals surface area contributed by atoms with Crippen LogP contribution in [0.3, 0.4) is 0 Å². The quantitative estimate of drug-likeness (QED) is 0.866. The van der Waals surface area contributed by atoms with Crippen molar-refractivity contribution < 1.29 is 4.39 Å². The molecule has 2 atom stereocenters. The highest BCUT2D eigenvalue weighted by atomic mass is 79.9. The Bertz CT molecular complexity index is 347. The van der Waals surface area contributed by atoms with Crippen LogP contribution >= 0.6 is 15.9 Å². The van der Waals surface area contributed by atoms with Gasteiger partial charge in [0.15, 0.2) is 0 Å². The summed E-state index contributed by atoms with van der Waals surface area (Å²) in [5.41, 5.74) is 1.01. The maximum absolute atomic E-state index is 13.1. The average Bonchev–Trinajstić information content (AvgIpc) is 2.93. The Morgan fingerprint density at radius 1 is 1.44 bits per heavy atom. The molecule has 1 aliphatic rings. The highest BCUT2D eigenvalue weighted by Crippen LogP contribution is 2.34. The first kappa shape index (κ1) is 12.1. The van der Waals surface area contributed by atoms with Crippen LogP contribution in [0.1, 0.15) is 31.7 Å². The molecule has 3 heteroatoms. The first-order valence-electron chi connectivity index (χ1n) is 5.87. The third-order valence-corrected chi connectivity index (χ3v) is 3.53. The molecule has 2 rings (SSSR count). The number of benzene rings is 1. The van der Waals surface area contributed by atoms with E-state index in [-0.39, 0.29) is 5.82 Å². The topological polar surface area (TPSA) is 12.0 Å². The van der Waals surface area contributed by atoms with E-state index in [9.17, 15) is 4.39 Å². The molecule has 0 amide bonds. The third kappa shape index (κ3) is 3.29. The number of rotatable bonds is 5. The van der Waals surface area contributed by atoms with Gasteiger partial charge in [0.1, 0.15) is 5.82 Å². The van der Waals surface area contributed by atoms with Gasteiger partial charge in [0.25, 0.3) is 0 Å². The van der Waals surface area contributed by atoms with Crippen molar-refractivity contribution >= 4 is 15.9 Å². The lowest BCUT2D eigenvalue weighted by Crippen LogP contribution is -2.17. The molecule has 16 heavy (non-hydrogen) atoms. The summed E-state index contributed by atoms with van der Waals surface area (Å²) in [5.74, 6) is 0.675. The van der Waals surface area contributed by atoms with Crippen molar-refractivity contribution in [1.82, 2.24) is 5.32 Å². The molecular formula is C13H17BrFN. The number of hydrogen-bond acceptors (Lipinski definition) is 1. The second-order valence-electron chi connectivity index (χ2n) is 4.55. The summed E-state index contributed by atoms with van der Waals surface area (Å²) in [6.45, 7) is 2.99. The smallest absolute Gasteiger partial charge is 0.124 e. The maximum Gasteiger partial charge on any atom is 0.124 e. The monoisotopic (exact) mass is 285 g/mol. The van der Waals surface area contributed by atoms with Crippen LogP contribution in [-0.4, -0.2) is 6.04 Å². The Morgan fingerprint density at radius 2 is 2.25 bits per heavy atom. The van der Waals surface area contributed by atoms with E-state index in [2.05, 4.69) is 28.2 Å². The fourth-order valence-corrected chi connectivity index (χ4v) is 2.66. The minimum Gasteiger partial charge on any atom is -0.310 e. The van der Waals surface area contributed by atoms with Crippen LogP contribution in [0.5, 0.6) is 0 Å². The van der Waals surface area contributed by atoms with Gasteiger partial charge in [-0.15, -0.1) is 0 Å². The van der Waals surface area contributed by atoms with Gasteiger partial charge < -0.3 is 5.32 Å². The SMILES string of the molecule is CCCC1CC1NCc1cc(F)cc(Br)c1. The van der Waals surface area contributed by atoms with Gasteiger partial charge in [-0.25, -0.2) is 4.39 Å². The van der Waals surface area contributed by atoms with E-state index in [1.54, 1.807) is 6.07 Å². The summed E-state index contributed by atoms with van der Waals surface area (Å²) in [6, 6.07) is 5.70. The highest BCUT2D eigenvalue weighted by molar-refractivity contribution is 9.10. The molecule has 0 spiro atoms. The normalized spacial score (nSPS) is 23.4. The fraction of sp³-hybridized carbons (Fsp3) is 0.538. The Kier molecular flexibility index (Phi) is 3.98. The summed E-state index contributed by atoms with van der Waals surface area (Å²) in [5, 5.41) is 3.47. The van der Waals surface area contributed by atoms with Crippen molar-refractivity contribution in [3.63, 3.8) is 0 Å². The van der Waals surface area contributed by atoms with Gasteiger partial charge >= 0.3 is 0 Å². The molecule has 1 saturated carbocycles. The molecule has 1 N–H and O–H groups in total. The zero-order valence-electron chi connectivity index (χ0n) is 9.47. The van der Waals surface area contributed by atoms with Crippen LogP contribution in [0.2, 0.25) is 0 Å². The van der Waals surface area contributed by atoms with Crippen molar-refractivity contribution in [3.8, 4) is 0 Å². The molecule has 0 radical (unpaired) electrons. The first-order chi connectivity index (χ1) is 7.69. The van der Waals surface area contributed by atoms with Gasteiger partial charge in [0, 0.05) is 17.1 Å². The summed E-state index contributed by atoms with van der Waals surface area (Å²) in [4.78, 5) is 0. The molecule has 1 nitrogen and oxygen atoms in total. The molecule has 1 aromatic carbocycles. The molecule has 2 unspecified atom stereocenters. The van der Waals surface area contributed by atoms with Gasteiger partial charge in [0.2, 0.25) is 0 Å². The molecule has 0 saturated heterocycles. The molecular weight excluding hydrogens is 269 g/mol. The number of nitrogens with one attached hydrogen (secondary N) is 1. The molecule has 1 aromatic rings. The largest absolute Gasteiger partial charge is 0.310 e. The average molecular weight is 286 g/mol.